The minimum Gasteiger partial charge on any atom is -0.329 e. The minimum atomic E-state index is -0.406. The normalized spacial score (nSPS) is 16.9. The van der Waals surface area contributed by atoms with E-state index < -0.39 is 6.03 Å². The van der Waals surface area contributed by atoms with Gasteiger partial charge in [-0.25, -0.2) is 4.79 Å². The Balaban J connectivity index is 2.47. The number of carbonyl (C=O) groups is 3. The van der Waals surface area contributed by atoms with E-state index in [1.54, 1.807) is 0 Å². The molecular weight excluding hydrogens is 148 g/mol. The second-order valence-electron chi connectivity index (χ2n) is 2.16. The summed E-state index contributed by atoms with van der Waals surface area (Å²) < 4.78 is 0. The molecule has 1 rings (SSSR count). The molecule has 0 aliphatic carbocycles. The number of aldehydes is 1. The highest BCUT2D eigenvalue weighted by Gasteiger charge is 2.27. The van der Waals surface area contributed by atoms with Crippen molar-refractivity contribution in [1.29, 1.82) is 0 Å². The van der Waals surface area contributed by atoms with Crippen LogP contribution in [0.4, 0.5) is 4.79 Å². The molecule has 0 aromatic heterocycles. The summed E-state index contributed by atoms with van der Waals surface area (Å²) in [6, 6.07) is -0.406. The first kappa shape index (κ1) is 7.71. The van der Waals surface area contributed by atoms with Gasteiger partial charge in [0.25, 0.3) is 0 Å². The van der Waals surface area contributed by atoms with Gasteiger partial charge >= 0.3 is 6.03 Å². The average molecular weight is 156 g/mol. The number of imide groups is 1. The highest BCUT2D eigenvalue weighted by Crippen LogP contribution is 1.98. The van der Waals surface area contributed by atoms with Gasteiger partial charge in [0.2, 0.25) is 5.91 Å². The third-order valence-corrected chi connectivity index (χ3v) is 1.41. The van der Waals surface area contributed by atoms with E-state index in [0.717, 1.165) is 4.90 Å². The standard InChI is InChI=1S/C6H8N2O3/c9-3-1-2-8-5(10)4-7-6(8)11/h3H,1-2,4H2,(H,7,11). The second kappa shape index (κ2) is 3.14. The molecule has 0 saturated carbocycles. The molecule has 0 aromatic carbocycles. The monoisotopic (exact) mass is 156 g/mol. The average Bonchev–Trinajstić information content (AvgIpc) is 2.29. The van der Waals surface area contributed by atoms with E-state index in [-0.39, 0.29) is 25.4 Å². The maximum absolute atomic E-state index is 10.8. The number of carbonyl (C=O) groups excluding carboxylic acids is 3. The lowest BCUT2D eigenvalue weighted by Gasteiger charge is -2.08. The van der Waals surface area contributed by atoms with E-state index in [1.807, 2.05) is 0 Å². The van der Waals surface area contributed by atoms with Gasteiger partial charge < -0.3 is 10.1 Å². The maximum Gasteiger partial charge on any atom is 0.324 e. The molecule has 1 fully saturated rings. The van der Waals surface area contributed by atoms with Gasteiger partial charge in [0.15, 0.2) is 0 Å². The lowest BCUT2D eigenvalue weighted by atomic mass is 10.4. The molecule has 1 saturated heterocycles. The van der Waals surface area contributed by atoms with Gasteiger partial charge in [-0.15, -0.1) is 0 Å². The minimum absolute atomic E-state index is 0.0533. The molecule has 0 atom stereocenters. The van der Waals surface area contributed by atoms with Crippen LogP contribution < -0.4 is 5.32 Å². The predicted molar refractivity (Wildman–Crippen MR) is 35.8 cm³/mol. The fourth-order valence-corrected chi connectivity index (χ4v) is 0.863. The van der Waals surface area contributed by atoms with Crippen molar-refractivity contribution in [3.63, 3.8) is 0 Å². The molecule has 0 unspecified atom stereocenters. The summed E-state index contributed by atoms with van der Waals surface area (Å²) in [4.78, 5) is 32.5. The van der Waals surface area contributed by atoms with Crippen LogP contribution >= 0.6 is 0 Å². The number of nitrogens with zero attached hydrogens (tertiary/aromatic N) is 1. The molecule has 3 amide bonds. The molecular formula is C6H8N2O3. The van der Waals surface area contributed by atoms with Crippen LogP contribution in [0.3, 0.4) is 0 Å². The summed E-state index contributed by atoms with van der Waals surface area (Å²) in [5, 5.41) is 2.35. The van der Waals surface area contributed by atoms with E-state index >= 15 is 0 Å². The lowest BCUT2D eigenvalue weighted by Crippen LogP contribution is -2.31. The summed E-state index contributed by atoms with van der Waals surface area (Å²) in [5.74, 6) is -0.267. The summed E-state index contributed by atoms with van der Waals surface area (Å²) in [6.45, 7) is 0.242. The summed E-state index contributed by atoms with van der Waals surface area (Å²) in [6.07, 6.45) is 0.887. The molecule has 11 heavy (non-hydrogen) atoms. The van der Waals surface area contributed by atoms with Gasteiger partial charge in [0.1, 0.15) is 6.29 Å². The van der Waals surface area contributed by atoms with Crippen LogP contribution in [0.15, 0.2) is 0 Å². The fraction of sp³-hybridized carbons (Fsp3) is 0.500. The molecule has 1 heterocycles. The van der Waals surface area contributed by atoms with E-state index in [0.29, 0.717) is 6.29 Å². The maximum atomic E-state index is 10.8. The Morgan fingerprint density at radius 1 is 1.55 bits per heavy atom. The van der Waals surface area contributed by atoms with E-state index in [2.05, 4.69) is 5.32 Å². The Kier molecular flexibility index (Phi) is 2.20. The van der Waals surface area contributed by atoms with Crippen LogP contribution in [-0.4, -0.2) is 36.2 Å². The third kappa shape index (κ3) is 1.54. The Morgan fingerprint density at radius 3 is 2.73 bits per heavy atom. The molecule has 5 nitrogen and oxygen atoms in total. The van der Waals surface area contributed by atoms with Gasteiger partial charge in [-0.3, -0.25) is 9.69 Å². The molecule has 1 aliphatic heterocycles. The Labute approximate surface area is 63.4 Å². The summed E-state index contributed by atoms with van der Waals surface area (Å²) in [7, 11) is 0. The van der Waals surface area contributed by atoms with Crippen LogP contribution in [0.1, 0.15) is 6.42 Å². The number of hydrogen-bond acceptors (Lipinski definition) is 3. The Hall–Kier alpha value is -1.39. The van der Waals surface area contributed by atoms with Gasteiger partial charge in [-0.2, -0.15) is 0 Å². The van der Waals surface area contributed by atoms with Crippen molar-refractivity contribution in [2.24, 2.45) is 0 Å². The van der Waals surface area contributed by atoms with Crippen molar-refractivity contribution in [1.82, 2.24) is 10.2 Å². The van der Waals surface area contributed by atoms with Crippen molar-refractivity contribution in [2.75, 3.05) is 13.1 Å². The molecule has 0 radical (unpaired) electrons. The number of nitrogens with one attached hydrogen (secondary N) is 1. The molecule has 0 bridgehead atoms. The number of hydrogen-bond donors (Lipinski definition) is 1. The zero-order chi connectivity index (χ0) is 8.27. The molecule has 0 aromatic rings. The van der Waals surface area contributed by atoms with Crippen LogP contribution in [0.5, 0.6) is 0 Å². The summed E-state index contributed by atoms with van der Waals surface area (Å²) >= 11 is 0. The highest BCUT2D eigenvalue weighted by molar-refractivity contribution is 6.02. The van der Waals surface area contributed by atoms with Crippen LogP contribution in [0.2, 0.25) is 0 Å². The van der Waals surface area contributed by atoms with Crippen molar-refractivity contribution < 1.29 is 14.4 Å². The number of amides is 3. The van der Waals surface area contributed by atoms with Gasteiger partial charge in [-0.05, 0) is 0 Å². The molecule has 1 N–H and O–H groups in total. The van der Waals surface area contributed by atoms with Crippen LogP contribution in [0.25, 0.3) is 0 Å². The van der Waals surface area contributed by atoms with Gasteiger partial charge in [-0.1, -0.05) is 0 Å². The van der Waals surface area contributed by atoms with Crippen molar-refractivity contribution >= 4 is 18.2 Å². The SMILES string of the molecule is O=CCCN1C(=O)CNC1=O. The lowest BCUT2D eigenvalue weighted by molar-refractivity contribution is -0.125. The zero-order valence-corrected chi connectivity index (χ0v) is 5.87. The molecule has 5 heteroatoms. The second-order valence-corrected chi connectivity index (χ2v) is 2.16. The molecule has 1 aliphatic rings. The van der Waals surface area contributed by atoms with Crippen LogP contribution in [-0.2, 0) is 9.59 Å². The largest absolute Gasteiger partial charge is 0.329 e. The molecule has 60 valence electrons. The van der Waals surface area contributed by atoms with Gasteiger partial charge in [0.05, 0.1) is 6.54 Å². The van der Waals surface area contributed by atoms with Gasteiger partial charge in [0, 0.05) is 13.0 Å². The van der Waals surface area contributed by atoms with Crippen molar-refractivity contribution in [2.45, 2.75) is 6.42 Å². The first-order valence-electron chi connectivity index (χ1n) is 3.27. The van der Waals surface area contributed by atoms with E-state index in [4.69, 9.17) is 0 Å². The Bertz CT molecular complexity index is 186. The third-order valence-electron chi connectivity index (χ3n) is 1.41. The van der Waals surface area contributed by atoms with Crippen LogP contribution in [0, 0.1) is 0 Å². The quantitative estimate of drug-likeness (QED) is 0.426. The highest BCUT2D eigenvalue weighted by atomic mass is 16.2. The van der Waals surface area contributed by atoms with E-state index in [9.17, 15) is 14.4 Å². The smallest absolute Gasteiger partial charge is 0.324 e. The van der Waals surface area contributed by atoms with Crippen molar-refractivity contribution in [3.05, 3.63) is 0 Å². The zero-order valence-electron chi connectivity index (χ0n) is 5.87. The first-order chi connectivity index (χ1) is 5.25. The topological polar surface area (TPSA) is 66.5 Å². The predicted octanol–water partition coefficient (Wildman–Crippen LogP) is -0.873. The van der Waals surface area contributed by atoms with Crippen molar-refractivity contribution in [3.8, 4) is 0 Å². The number of urea groups is 1. The molecule has 0 spiro atoms. The number of rotatable bonds is 3. The first-order valence-corrected chi connectivity index (χ1v) is 3.27. The fourth-order valence-electron chi connectivity index (χ4n) is 0.863. The van der Waals surface area contributed by atoms with E-state index in [1.165, 1.54) is 0 Å². The summed E-state index contributed by atoms with van der Waals surface area (Å²) in [5.41, 5.74) is 0. The Morgan fingerprint density at radius 2 is 2.27 bits per heavy atom.